The van der Waals surface area contributed by atoms with Gasteiger partial charge in [0.05, 0.1) is 6.33 Å². The second-order valence-electron chi connectivity index (χ2n) is 1.52. The molecule has 0 aromatic carbocycles. The molecule has 1 aromatic rings. The molecule has 3 heteroatoms. The van der Waals surface area contributed by atoms with Crippen molar-refractivity contribution < 1.29 is 1.37 Å². The molecule has 1 heterocycles. The lowest BCUT2D eigenvalue weighted by molar-refractivity contribution is 0.935. The van der Waals surface area contributed by atoms with E-state index in [0.29, 0.717) is 6.42 Å². The lowest BCUT2D eigenvalue weighted by Gasteiger charge is -1.86. The maximum atomic E-state index is 6.98. The van der Waals surface area contributed by atoms with Crippen LogP contribution in [-0.2, 0) is 6.42 Å². The highest BCUT2D eigenvalue weighted by Crippen LogP contribution is 1.88. The van der Waals surface area contributed by atoms with Crippen molar-refractivity contribution in [3.8, 4) is 0 Å². The van der Waals surface area contributed by atoms with Gasteiger partial charge < -0.3 is 10.7 Å². The van der Waals surface area contributed by atoms with E-state index in [4.69, 9.17) is 7.10 Å². The fourth-order valence-corrected chi connectivity index (χ4v) is 0.523. The van der Waals surface area contributed by atoms with Crippen LogP contribution in [0, 0.1) is 0 Å². The van der Waals surface area contributed by atoms with E-state index in [1.54, 1.807) is 12.5 Å². The van der Waals surface area contributed by atoms with Gasteiger partial charge in [-0.1, -0.05) is 0 Å². The number of hydrogen-bond donors (Lipinski definition) is 2. The number of nitrogens with two attached hydrogens (primary N) is 1. The van der Waals surface area contributed by atoms with Crippen LogP contribution in [0.2, 0.25) is 0 Å². The molecule has 0 aliphatic carbocycles. The molecule has 1 unspecified atom stereocenters. The third kappa shape index (κ3) is 1.07. The Hall–Kier alpha value is -0.830. The monoisotopic (exact) mass is 113 g/mol. The molecule has 3 nitrogen and oxygen atoms in total. The number of nitrogens with one attached hydrogen (secondary N) is 1. The maximum Gasteiger partial charge on any atom is 0.0921 e. The van der Waals surface area contributed by atoms with Crippen LogP contribution in [0.4, 0.5) is 0 Å². The molecule has 0 fully saturated rings. The summed E-state index contributed by atoms with van der Waals surface area (Å²) in [5.74, 6) is 0. The normalized spacial score (nSPS) is 15.4. The predicted octanol–water partition coefficient (Wildman–Crippen LogP) is -0.0891. The third-order valence-corrected chi connectivity index (χ3v) is 0.893. The molecule has 0 bridgehead atoms. The van der Waals surface area contributed by atoms with Gasteiger partial charge in [0, 0.05) is 19.7 Å². The maximum absolute atomic E-state index is 6.98. The van der Waals surface area contributed by atoms with E-state index in [2.05, 4.69) is 9.97 Å². The molecule has 0 aliphatic heterocycles. The topological polar surface area (TPSA) is 54.7 Å². The summed E-state index contributed by atoms with van der Waals surface area (Å²) in [7, 11) is 0. The largest absolute Gasteiger partial charge is 0.348 e. The molecular weight excluding hydrogens is 102 g/mol. The minimum Gasteiger partial charge on any atom is -0.348 e. The van der Waals surface area contributed by atoms with Crippen molar-refractivity contribution in [2.24, 2.45) is 5.73 Å². The zero-order valence-electron chi connectivity index (χ0n) is 5.46. The van der Waals surface area contributed by atoms with Gasteiger partial charge in [0.1, 0.15) is 0 Å². The van der Waals surface area contributed by atoms with Crippen LogP contribution in [0.5, 0.6) is 0 Å². The van der Waals surface area contributed by atoms with Crippen LogP contribution in [0.25, 0.3) is 0 Å². The average molecular weight is 113 g/mol. The van der Waals surface area contributed by atoms with Gasteiger partial charge >= 0.3 is 0 Å². The van der Waals surface area contributed by atoms with Crippen molar-refractivity contribution in [2.75, 3.05) is 6.52 Å². The number of rotatable bonds is 2. The van der Waals surface area contributed by atoms with E-state index in [1.807, 2.05) is 0 Å². The third-order valence-electron chi connectivity index (χ3n) is 0.893. The molecule has 0 amide bonds. The number of aromatic amines is 1. The summed E-state index contributed by atoms with van der Waals surface area (Å²) in [4.78, 5) is 6.64. The highest BCUT2D eigenvalue weighted by molar-refractivity contribution is 4.93. The van der Waals surface area contributed by atoms with Crippen molar-refractivity contribution in [1.82, 2.24) is 9.97 Å². The predicted molar refractivity (Wildman–Crippen MR) is 31.3 cm³/mol. The first-order valence-corrected chi connectivity index (χ1v) is 2.44. The molecule has 0 saturated heterocycles. The lowest BCUT2D eigenvalue weighted by atomic mass is 10.3. The Kier molecular flexibility index (Phi) is 1.26. The number of aryl methyl sites for hydroxylation is 1. The standard InChI is InChI=1S/C5H9N3/c6-2-1-5-3-7-4-8-5/h3-4H,1-2,6H2,(H,7,8)/i2T. The number of H-pyrrole nitrogens is 1. The molecule has 8 heavy (non-hydrogen) atoms. The summed E-state index contributed by atoms with van der Waals surface area (Å²) in [5.41, 5.74) is 6.12. The molecule has 0 radical (unpaired) electrons. The Labute approximate surface area is 49.3 Å². The minimum absolute atomic E-state index is 0.537. The first-order chi connectivity index (χ1) is 4.29. The van der Waals surface area contributed by atoms with Crippen molar-refractivity contribution in [2.45, 2.75) is 6.42 Å². The Bertz CT molecular complexity index is 159. The van der Waals surface area contributed by atoms with Crippen LogP contribution >= 0.6 is 0 Å². The Morgan fingerprint density at radius 3 is 3.38 bits per heavy atom. The molecule has 1 rings (SSSR count). The van der Waals surface area contributed by atoms with Crippen molar-refractivity contribution in [3.05, 3.63) is 18.2 Å². The van der Waals surface area contributed by atoms with Gasteiger partial charge in [-0.3, -0.25) is 0 Å². The summed E-state index contributed by atoms with van der Waals surface area (Å²) in [5, 5.41) is 0. The smallest absolute Gasteiger partial charge is 0.0921 e. The van der Waals surface area contributed by atoms with Crippen molar-refractivity contribution in [3.63, 3.8) is 0 Å². The second-order valence-corrected chi connectivity index (χ2v) is 1.52. The molecule has 44 valence electrons. The lowest BCUT2D eigenvalue weighted by Crippen LogP contribution is -2.02. The zero-order valence-corrected chi connectivity index (χ0v) is 4.46. The highest BCUT2D eigenvalue weighted by Gasteiger charge is 1.86. The Morgan fingerprint density at radius 1 is 2.00 bits per heavy atom. The molecular formula is C5H9N3. The summed E-state index contributed by atoms with van der Waals surface area (Å²) in [6.45, 7) is -0.537. The van der Waals surface area contributed by atoms with Gasteiger partial charge in [-0.2, -0.15) is 0 Å². The fraction of sp³-hybridized carbons (Fsp3) is 0.400. The zero-order chi connectivity index (χ0) is 6.69. The van der Waals surface area contributed by atoms with Crippen LogP contribution in [-0.4, -0.2) is 16.5 Å². The van der Waals surface area contributed by atoms with Gasteiger partial charge in [-0.05, 0) is 6.52 Å². The number of nitrogens with zero attached hydrogens (tertiary/aromatic N) is 1. The Morgan fingerprint density at radius 2 is 2.88 bits per heavy atom. The average Bonchev–Trinajstić information content (AvgIpc) is 2.15. The SMILES string of the molecule is [3H]C(N)Cc1cnc[nH]1. The summed E-state index contributed by atoms with van der Waals surface area (Å²) in [6.07, 6.45) is 3.80. The van der Waals surface area contributed by atoms with Crippen LogP contribution in [0.3, 0.4) is 0 Å². The van der Waals surface area contributed by atoms with Crippen molar-refractivity contribution in [1.29, 1.82) is 0 Å². The van der Waals surface area contributed by atoms with Gasteiger partial charge in [-0.15, -0.1) is 0 Å². The van der Waals surface area contributed by atoms with Crippen LogP contribution in [0.15, 0.2) is 12.5 Å². The number of aromatic nitrogens is 2. The molecule has 3 N–H and O–H groups in total. The molecule has 1 aromatic heterocycles. The first-order valence-electron chi connectivity index (χ1n) is 3.02. The number of hydrogen-bond acceptors (Lipinski definition) is 2. The molecule has 0 saturated carbocycles. The molecule has 1 atom stereocenters. The Balaban J connectivity index is 2.48. The molecule has 0 spiro atoms. The van der Waals surface area contributed by atoms with E-state index >= 15 is 0 Å². The summed E-state index contributed by atoms with van der Waals surface area (Å²) in [6, 6.07) is 0. The first kappa shape index (κ1) is 4.09. The van der Waals surface area contributed by atoms with Crippen LogP contribution < -0.4 is 5.73 Å². The van der Waals surface area contributed by atoms with Crippen molar-refractivity contribution >= 4 is 0 Å². The quantitative estimate of drug-likeness (QED) is 0.563. The fourth-order valence-electron chi connectivity index (χ4n) is 0.523. The summed E-state index contributed by atoms with van der Waals surface area (Å²) < 4.78 is 6.98. The van der Waals surface area contributed by atoms with E-state index in [-0.39, 0.29) is 0 Å². The van der Waals surface area contributed by atoms with Crippen LogP contribution in [0.1, 0.15) is 7.06 Å². The van der Waals surface area contributed by atoms with Gasteiger partial charge in [0.25, 0.3) is 0 Å². The van der Waals surface area contributed by atoms with E-state index in [1.165, 1.54) is 0 Å². The van der Waals surface area contributed by atoms with Gasteiger partial charge in [0.2, 0.25) is 0 Å². The second kappa shape index (κ2) is 2.47. The number of imidazole rings is 1. The van der Waals surface area contributed by atoms with E-state index in [9.17, 15) is 0 Å². The van der Waals surface area contributed by atoms with E-state index < -0.39 is 6.52 Å². The highest BCUT2D eigenvalue weighted by atomic mass is 14.9. The van der Waals surface area contributed by atoms with Gasteiger partial charge in [0.15, 0.2) is 0 Å². The molecule has 0 aliphatic rings. The van der Waals surface area contributed by atoms with Gasteiger partial charge in [-0.25, -0.2) is 4.98 Å². The minimum atomic E-state index is -0.537. The van der Waals surface area contributed by atoms with E-state index in [0.717, 1.165) is 5.69 Å². The summed E-state index contributed by atoms with van der Waals surface area (Å²) >= 11 is 0.